The molecule has 1 aliphatic heterocycles. The zero-order valence-corrected chi connectivity index (χ0v) is 13.4. The molecule has 114 valence electrons. The van der Waals surface area contributed by atoms with E-state index >= 15 is 0 Å². The molecule has 1 aromatic rings. The van der Waals surface area contributed by atoms with Crippen LogP contribution in [0.4, 0.5) is 5.69 Å². The molecule has 4 heteroatoms. The molecule has 2 N–H and O–H groups in total. The standard InChI is InChI=1S/C17H25N3O/c1-11(2)16-14(6-5-9-18)17(21)20(19-16)15-10-12(3)7-8-13(15)4/h7-8,10-11,14H,5-6,9,18H2,1-4H3. The first kappa shape index (κ1) is 15.7. The summed E-state index contributed by atoms with van der Waals surface area (Å²) in [6, 6.07) is 6.12. The Bertz CT molecular complexity index is 563. The first-order chi connectivity index (χ1) is 9.95. The van der Waals surface area contributed by atoms with Crippen LogP contribution in [0.1, 0.15) is 37.8 Å². The minimum Gasteiger partial charge on any atom is -0.330 e. The summed E-state index contributed by atoms with van der Waals surface area (Å²) in [5.41, 5.74) is 9.68. The third-order valence-electron chi connectivity index (χ3n) is 3.96. The van der Waals surface area contributed by atoms with Crippen LogP contribution in [0.5, 0.6) is 0 Å². The minimum absolute atomic E-state index is 0.0841. The molecule has 1 aliphatic rings. The van der Waals surface area contributed by atoms with E-state index in [4.69, 9.17) is 5.73 Å². The molecule has 0 saturated carbocycles. The summed E-state index contributed by atoms with van der Waals surface area (Å²) in [7, 11) is 0. The molecule has 1 atom stereocenters. The van der Waals surface area contributed by atoms with Gasteiger partial charge in [0.25, 0.3) is 5.91 Å². The molecule has 0 fully saturated rings. The fourth-order valence-corrected chi connectivity index (χ4v) is 2.74. The Balaban J connectivity index is 2.37. The van der Waals surface area contributed by atoms with Crippen molar-refractivity contribution in [3.63, 3.8) is 0 Å². The van der Waals surface area contributed by atoms with Crippen molar-refractivity contribution in [3.8, 4) is 0 Å². The maximum Gasteiger partial charge on any atom is 0.256 e. The fraction of sp³-hybridized carbons (Fsp3) is 0.529. The van der Waals surface area contributed by atoms with E-state index in [1.54, 1.807) is 5.01 Å². The van der Waals surface area contributed by atoms with Crippen LogP contribution in [0.15, 0.2) is 23.3 Å². The van der Waals surface area contributed by atoms with Crippen molar-refractivity contribution in [1.29, 1.82) is 0 Å². The van der Waals surface area contributed by atoms with Crippen molar-refractivity contribution in [2.45, 2.75) is 40.5 Å². The second-order valence-corrected chi connectivity index (χ2v) is 6.10. The molecule has 0 aromatic heterocycles. The van der Waals surface area contributed by atoms with Gasteiger partial charge in [-0.05, 0) is 56.3 Å². The van der Waals surface area contributed by atoms with Crippen LogP contribution < -0.4 is 10.7 Å². The van der Waals surface area contributed by atoms with Gasteiger partial charge in [0, 0.05) is 0 Å². The van der Waals surface area contributed by atoms with Crippen LogP contribution in [0, 0.1) is 25.7 Å². The normalized spacial score (nSPS) is 18.6. The topological polar surface area (TPSA) is 58.7 Å². The summed E-state index contributed by atoms with van der Waals surface area (Å²) in [4.78, 5) is 12.8. The molecule has 0 radical (unpaired) electrons. The first-order valence-corrected chi connectivity index (χ1v) is 7.65. The average molecular weight is 287 g/mol. The lowest BCUT2D eigenvalue weighted by Crippen LogP contribution is -2.29. The highest BCUT2D eigenvalue weighted by molar-refractivity contribution is 6.16. The van der Waals surface area contributed by atoms with Gasteiger partial charge in [-0.25, -0.2) is 0 Å². The molecule has 1 heterocycles. The highest BCUT2D eigenvalue weighted by Crippen LogP contribution is 2.31. The van der Waals surface area contributed by atoms with Crippen LogP contribution in [-0.4, -0.2) is 18.2 Å². The zero-order valence-electron chi connectivity index (χ0n) is 13.4. The van der Waals surface area contributed by atoms with Gasteiger partial charge in [-0.1, -0.05) is 26.0 Å². The maximum absolute atomic E-state index is 12.8. The van der Waals surface area contributed by atoms with Crippen LogP contribution in [0.25, 0.3) is 0 Å². The smallest absolute Gasteiger partial charge is 0.256 e. The van der Waals surface area contributed by atoms with Crippen molar-refractivity contribution >= 4 is 17.3 Å². The van der Waals surface area contributed by atoms with Gasteiger partial charge in [0.1, 0.15) is 0 Å². The molecule has 1 amide bonds. The quantitative estimate of drug-likeness (QED) is 0.905. The molecule has 1 aromatic carbocycles. The second-order valence-electron chi connectivity index (χ2n) is 6.10. The number of hydrogen-bond acceptors (Lipinski definition) is 3. The van der Waals surface area contributed by atoms with E-state index in [-0.39, 0.29) is 17.7 Å². The Hall–Kier alpha value is -1.68. The Morgan fingerprint density at radius 3 is 2.67 bits per heavy atom. The summed E-state index contributed by atoms with van der Waals surface area (Å²) >= 11 is 0. The lowest BCUT2D eigenvalue weighted by Gasteiger charge is -2.17. The summed E-state index contributed by atoms with van der Waals surface area (Å²) < 4.78 is 0. The second kappa shape index (κ2) is 6.39. The van der Waals surface area contributed by atoms with E-state index in [1.165, 1.54) is 0 Å². The largest absolute Gasteiger partial charge is 0.330 e. The first-order valence-electron chi connectivity index (χ1n) is 7.65. The van der Waals surface area contributed by atoms with Crippen molar-refractivity contribution in [2.24, 2.45) is 22.7 Å². The Morgan fingerprint density at radius 2 is 2.05 bits per heavy atom. The van der Waals surface area contributed by atoms with E-state index in [1.807, 2.05) is 26.0 Å². The van der Waals surface area contributed by atoms with Gasteiger partial charge < -0.3 is 5.73 Å². The van der Waals surface area contributed by atoms with E-state index in [0.29, 0.717) is 6.54 Å². The Labute approximate surface area is 127 Å². The number of carbonyl (C=O) groups excluding carboxylic acids is 1. The van der Waals surface area contributed by atoms with Crippen molar-refractivity contribution < 1.29 is 4.79 Å². The number of benzene rings is 1. The van der Waals surface area contributed by atoms with Crippen LogP contribution in [0.3, 0.4) is 0 Å². The molecule has 0 aliphatic carbocycles. The number of carbonyl (C=O) groups is 1. The molecule has 4 nitrogen and oxygen atoms in total. The van der Waals surface area contributed by atoms with Crippen LogP contribution in [0.2, 0.25) is 0 Å². The Morgan fingerprint density at radius 1 is 1.33 bits per heavy atom. The number of nitrogens with zero attached hydrogens (tertiary/aromatic N) is 2. The number of anilines is 1. The van der Waals surface area contributed by atoms with E-state index in [0.717, 1.165) is 35.4 Å². The zero-order chi connectivity index (χ0) is 15.6. The van der Waals surface area contributed by atoms with Gasteiger partial charge in [-0.2, -0.15) is 10.1 Å². The van der Waals surface area contributed by atoms with Crippen molar-refractivity contribution in [3.05, 3.63) is 29.3 Å². The predicted molar refractivity (Wildman–Crippen MR) is 87.5 cm³/mol. The monoisotopic (exact) mass is 287 g/mol. The predicted octanol–water partition coefficient (Wildman–Crippen LogP) is 3.02. The van der Waals surface area contributed by atoms with Crippen LogP contribution in [-0.2, 0) is 4.79 Å². The number of hydrazone groups is 1. The molecule has 0 bridgehead atoms. The minimum atomic E-state index is -0.117. The fourth-order valence-electron chi connectivity index (χ4n) is 2.74. The summed E-state index contributed by atoms with van der Waals surface area (Å²) in [6.45, 7) is 8.84. The van der Waals surface area contributed by atoms with Gasteiger partial charge in [-0.3, -0.25) is 4.79 Å². The number of hydrogen-bond donors (Lipinski definition) is 1. The summed E-state index contributed by atoms with van der Waals surface area (Å²) in [5.74, 6) is 0.237. The van der Waals surface area contributed by atoms with Crippen molar-refractivity contribution in [2.75, 3.05) is 11.6 Å². The number of rotatable bonds is 5. The molecular formula is C17H25N3O. The van der Waals surface area contributed by atoms with E-state index in [2.05, 4.69) is 25.0 Å². The number of amides is 1. The third kappa shape index (κ3) is 3.16. The SMILES string of the molecule is Cc1ccc(C)c(N2N=C(C(C)C)C(CCCN)C2=O)c1. The van der Waals surface area contributed by atoms with Gasteiger partial charge in [0.15, 0.2) is 0 Å². The number of aryl methyl sites for hydroxylation is 2. The maximum atomic E-state index is 12.8. The lowest BCUT2D eigenvalue weighted by atomic mass is 9.90. The Kier molecular flexibility index (Phi) is 4.78. The van der Waals surface area contributed by atoms with Crippen molar-refractivity contribution in [1.82, 2.24) is 0 Å². The average Bonchev–Trinajstić information content (AvgIpc) is 2.76. The highest BCUT2D eigenvalue weighted by Gasteiger charge is 2.37. The van der Waals surface area contributed by atoms with Crippen LogP contribution >= 0.6 is 0 Å². The van der Waals surface area contributed by atoms with Gasteiger partial charge in [0.05, 0.1) is 17.3 Å². The molecule has 0 saturated heterocycles. The number of nitrogens with two attached hydrogens (primary N) is 1. The van der Waals surface area contributed by atoms with E-state index in [9.17, 15) is 4.79 Å². The van der Waals surface area contributed by atoms with Gasteiger partial charge in [-0.15, -0.1) is 0 Å². The molecule has 1 unspecified atom stereocenters. The third-order valence-corrected chi connectivity index (χ3v) is 3.96. The highest BCUT2D eigenvalue weighted by atomic mass is 16.2. The molecular weight excluding hydrogens is 262 g/mol. The van der Waals surface area contributed by atoms with E-state index < -0.39 is 0 Å². The van der Waals surface area contributed by atoms with Gasteiger partial charge in [0.2, 0.25) is 0 Å². The van der Waals surface area contributed by atoms with Gasteiger partial charge >= 0.3 is 0 Å². The molecule has 21 heavy (non-hydrogen) atoms. The molecule has 0 spiro atoms. The molecule has 2 rings (SSSR count). The lowest BCUT2D eigenvalue weighted by molar-refractivity contribution is -0.120. The summed E-state index contributed by atoms with van der Waals surface area (Å²) in [6.07, 6.45) is 1.64. The summed E-state index contributed by atoms with van der Waals surface area (Å²) in [5, 5.41) is 6.23.